The highest BCUT2D eigenvalue weighted by molar-refractivity contribution is 6.09. The van der Waals surface area contributed by atoms with Gasteiger partial charge in [0.2, 0.25) is 17.8 Å². The zero-order valence-electron chi connectivity index (χ0n) is 16.9. The van der Waals surface area contributed by atoms with Gasteiger partial charge in [0.15, 0.2) is 0 Å². The summed E-state index contributed by atoms with van der Waals surface area (Å²) in [5.41, 5.74) is 1.19. The van der Waals surface area contributed by atoms with Crippen LogP contribution < -0.4 is 16.0 Å². The van der Waals surface area contributed by atoms with Crippen molar-refractivity contribution in [3.63, 3.8) is 0 Å². The first-order chi connectivity index (χ1) is 14.9. The van der Waals surface area contributed by atoms with E-state index in [1.807, 2.05) is 30.3 Å². The molecular formula is C23H23N5O3. The van der Waals surface area contributed by atoms with Crippen LogP contribution in [0, 0.1) is 5.92 Å². The van der Waals surface area contributed by atoms with Crippen molar-refractivity contribution in [2.24, 2.45) is 5.92 Å². The van der Waals surface area contributed by atoms with Gasteiger partial charge in [0, 0.05) is 23.8 Å². The fourth-order valence-electron chi connectivity index (χ4n) is 3.76. The van der Waals surface area contributed by atoms with Crippen LogP contribution in [0.15, 0.2) is 73.1 Å². The molecule has 4 rings (SSSR count). The summed E-state index contributed by atoms with van der Waals surface area (Å²) in [7, 11) is 0. The Morgan fingerprint density at radius 2 is 1.77 bits per heavy atom. The Morgan fingerprint density at radius 3 is 2.52 bits per heavy atom. The van der Waals surface area contributed by atoms with Crippen LogP contribution in [0.3, 0.4) is 0 Å². The Labute approximate surface area is 179 Å². The van der Waals surface area contributed by atoms with Crippen molar-refractivity contribution >= 4 is 29.1 Å². The van der Waals surface area contributed by atoms with E-state index in [4.69, 9.17) is 0 Å². The van der Waals surface area contributed by atoms with Gasteiger partial charge in [0.25, 0.3) is 0 Å². The SMILES string of the molecule is CC1(Cc2ccccc2)NC(=O)C(C(=O)Nc2cccc(Nc3ncccn3)c2)C1O. The summed E-state index contributed by atoms with van der Waals surface area (Å²) >= 11 is 0. The number of carbonyl (C=O) groups excluding carboxylic acids is 2. The van der Waals surface area contributed by atoms with E-state index in [0.29, 0.717) is 23.7 Å². The van der Waals surface area contributed by atoms with Gasteiger partial charge in [-0.2, -0.15) is 0 Å². The third-order valence-electron chi connectivity index (χ3n) is 5.31. The van der Waals surface area contributed by atoms with Gasteiger partial charge >= 0.3 is 0 Å². The second kappa shape index (κ2) is 8.53. The predicted octanol–water partition coefficient (Wildman–Crippen LogP) is 2.27. The lowest BCUT2D eigenvalue weighted by Crippen LogP contribution is -2.48. The van der Waals surface area contributed by atoms with Crippen LogP contribution in [0.1, 0.15) is 12.5 Å². The van der Waals surface area contributed by atoms with E-state index in [2.05, 4.69) is 25.9 Å². The van der Waals surface area contributed by atoms with Crippen LogP contribution in [0.5, 0.6) is 0 Å². The number of aliphatic hydroxyl groups is 1. The summed E-state index contributed by atoms with van der Waals surface area (Å²) in [6.45, 7) is 1.75. The summed E-state index contributed by atoms with van der Waals surface area (Å²) in [4.78, 5) is 33.6. The van der Waals surface area contributed by atoms with Gasteiger partial charge in [0.05, 0.1) is 11.6 Å². The molecule has 1 aliphatic heterocycles. The standard InChI is InChI=1S/C23H23N5O3/c1-23(14-15-7-3-2-4-8-15)19(29)18(21(31)28-23)20(30)26-16-9-5-10-17(13-16)27-22-24-11-6-12-25-22/h2-13,18-19,29H,14H2,1H3,(H,26,30)(H,28,31)(H,24,25,27). The largest absolute Gasteiger partial charge is 0.389 e. The number of anilines is 3. The molecule has 3 aromatic rings. The highest BCUT2D eigenvalue weighted by atomic mass is 16.3. The topological polar surface area (TPSA) is 116 Å². The minimum absolute atomic E-state index is 0.418. The van der Waals surface area contributed by atoms with Crippen LogP contribution >= 0.6 is 0 Å². The number of nitrogens with zero attached hydrogens (tertiary/aromatic N) is 2. The monoisotopic (exact) mass is 417 g/mol. The third kappa shape index (κ3) is 4.54. The fraction of sp³-hybridized carbons (Fsp3) is 0.217. The Kier molecular flexibility index (Phi) is 5.64. The second-order valence-electron chi connectivity index (χ2n) is 7.76. The van der Waals surface area contributed by atoms with Crippen LogP contribution in [0.25, 0.3) is 0 Å². The zero-order valence-corrected chi connectivity index (χ0v) is 16.9. The Bertz CT molecular complexity index is 1080. The number of rotatable bonds is 6. The van der Waals surface area contributed by atoms with Gasteiger partial charge in [-0.05, 0) is 43.2 Å². The van der Waals surface area contributed by atoms with E-state index in [1.54, 1.807) is 49.6 Å². The lowest BCUT2D eigenvalue weighted by molar-refractivity contribution is -0.132. The molecule has 1 fully saturated rings. The van der Waals surface area contributed by atoms with E-state index in [9.17, 15) is 14.7 Å². The number of aliphatic hydroxyl groups excluding tert-OH is 1. The Morgan fingerprint density at radius 1 is 1.06 bits per heavy atom. The van der Waals surface area contributed by atoms with Crippen LogP contribution in [0.2, 0.25) is 0 Å². The van der Waals surface area contributed by atoms with E-state index in [-0.39, 0.29) is 0 Å². The molecule has 2 amide bonds. The smallest absolute Gasteiger partial charge is 0.239 e. The van der Waals surface area contributed by atoms with Crippen LogP contribution in [-0.4, -0.2) is 38.5 Å². The Balaban J connectivity index is 1.46. The van der Waals surface area contributed by atoms with E-state index < -0.39 is 29.4 Å². The summed E-state index contributed by atoms with van der Waals surface area (Å²) < 4.78 is 0. The van der Waals surface area contributed by atoms with Crippen molar-refractivity contribution < 1.29 is 14.7 Å². The minimum Gasteiger partial charge on any atom is -0.389 e. The number of aromatic nitrogens is 2. The van der Waals surface area contributed by atoms with Crippen molar-refractivity contribution in [3.05, 3.63) is 78.6 Å². The molecule has 0 bridgehead atoms. The molecule has 1 saturated heterocycles. The number of benzene rings is 2. The lowest BCUT2D eigenvalue weighted by atomic mass is 9.85. The average molecular weight is 417 g/mol. The van der Waals surface area contributed by atoms with Gasteiger partial charge < -0.3 is 21.1 Å². The zero-order chi connectivity index (χ0) is 21.8. The highest BCUT2D eigenvalue weighted by Crippen LogP contribution is 2.30. The molecule has 3 unspecified atom stereocenters. The molecule has 2 heterocycles. The summed E-state index contributed by atoms with van der Waals surface area (Å²) in [6, 6.07) is 18.2. The second-order valence-corrected chi connectivity index (χ2v) is 7.76. The van der Waals surface area contributed by atoms with Crippen LogP contribution in [0.4, 0.5) is 17.3 Å². The number of amides is 2. The molecule has 0 aliphatic carbocycles. The highest BCUT2D eigenvalue weighted by Gasteiger charge is 2.52. The molecule has 8 heteroatoms. The predicted molar refractivity (Wildman–Crippen MR) is 117 cm³/mol. The molecular weight excluding hydrogens is 394 g/mol. The van der Waals surface area contributed by atoms with Crippen LogP contribution in [-0.2, 0) is 16.0 Å². The molecule has 3 atom stereocenters. The molecule has 0 radical (unpaired) electrons. The van der Waals surface area contributed by atoms with Gasteiger partial charge in [-0.1, -0.05) is 36.4 Å². The number of carbonyl (C=O) groups is 2. The van der Waals surface area contributed by atoms with E-state index in [1.165, 1.54) is 0 Å². The van der Waals surface area contributed by atoms with Crippen molar-refractivity contribution in [1.82, 2.24) is 15.3 Å². The van der Waals surface area contributed by atoms with Gasteiger partial charge in [-0.15, -0.1) is 0 Å². The molecule has 4 N–H and O–H groups in total. The van der Waals surface area contributed by atoms with Crippen molar-refractivity contribution in [2.75, 3.05) is 10.6 Å². The summed E-state index contributed by atoms with van der Waals surface area (Å²) in [5, 5.41) is 19.4. The van der Waals surface area contributed by atoms with Crippen molar-refractivity contribution in [1.29, 1.82) is 0 Å². The molecule has 31 heavy (non-hydrogen) atoms. The van der Waals surface area contributed by atoms with Gasteiger partial charge in [-0.25, -0.2) is 9.97 Å². The summed E-state index contributed by atoms with van der Waals surface area (Å²) in [6.07, 6.45) is 2.49. The molecule has 158 valence electrons. The quantitative estimate of drug-likeness (QED) is 0.457. The molecule has 0 saturated carbocycles. The lowest BCUT2D eigenvalue weighted by Gasteiger charge is -2.29. The van der Waals surface area contributed by atoms with Crippen molar-refractivity contribution in [2.45, 2.75) is 25.0 Å². The number of hydrogen-bond acceptors (Lipinski definition) is 6. The maximum atomic E-state index is 12.9. The maximum Gasteiger partial charge on any atom is 0.239 e. The third-order valence-corrected chi connectivity index (χ3v) is 5.31. The van der Waals surface area contributed by atoms with Gasteiger partial charge in [-0.3, -0.25) is 9.59 Å². The minimum atomic E-state index is -1.21. The molecule has 1 aromatic heterocycles. The van der Waals surface area contributed by atoms with Gasteiger partial charge in [0.1, 0.15) is 5.92 Å². The summed E-state index contributed by atoms with van der Waals surface area (Å²) in [5.74, 6) is -1.83. The van der Waals surface area contributed by atoms with E-state index in [0.717, 1.165) is 5.56 Å². The average Bonchev–Trinajstić information content (AvgIpc) is 2.97. The number of nitrogens with one attached hydrogen (secondary N) is 3. The molecule has 1 aliphatic rings. The Hall–Kier alpha value is -3.78. The molecule has 2 aromatic carbocycles. The molecule has 8 nitrogen and oxygen atoms in total. The fourth-order valence-corrected chi connectivity index (χ4v) is 3.76. The first-order valence-corrected chi connectivity index (χ1v) is 9.94. The molecule has 0 spiro atoms. The normalized spacial score (nSPS) is 22.6. The first kappa shape index (κ1) is 20.5. The maximum absolute atomic E-state index is 12.9. The first-order valence-electron chi connectivity index (χ1n) is 9.94. The van der Waals surface area contributed by atoms with E-state index >= 15 is 0 Å². The van der Waals surface area contributed by atoms with Crippen molar-refractivity contribution in [3.8, 4) is 0 Å². The number of hydrogen-bond donors (Lipinski definition) is 4.